The Bertz CT molecular complexity index is 745. The van der Waals surface area contributed by atoms with Gasteiger partial charge in [0.25, 0.3) is 5.66 Å². The molecule has 1 atom stereocenters. The number of halogens is 3. The van der Waals surface area contributed by atoms with Gasteiger partial charge in [0.15, 0.2) is 9.84 Å². The fraction of sp³-hybridized carbons (Fsp3) is 0.250. The highest BCUT2D eigenvalue weighted by molar-refractivity contribution is 7.90. The third kappa shape index (κ3) is 5.83. The molecular weight excluding hydrogens is 361 g/mol. The lowest BCUT2D eigenvalue weighted by molar-refractivity contribution is 0.146. The predicted molar refractivity (Wildman–Crippen MR) is 94.7 cm³/mol. The third-order valence-electron chi connectivity index (χ3n) is 3.18. The summed E-state index contributed by atoms with van der Waals surface area (Å²) in [7, 11) is -1.82. The summed E-state index contributed by atoms with van der Waals surface area (Å²) in [6.07, 6.45) is 4.44. The van der Waals surface area contributed by atoms with Gasteiger partial charge in [0, 0.05) is 16.9 Å². The molecule has 0 saturated carbocycles. The molecule has 2 nitrogen and oxygen atoms in total. The van der Waals surface area contributed by atoms with Crippen LogP contribution in [0.25, 0.3) is 0 Å². The fourth-order valence-electron chi connectivity index (χ4n) is 1.81. The van der Waals surface area contributed by atoms with Gasteiger partial charge < -0.3 is 0 Å². The summed E-state index contributed by atoms with van der Waals surface area (Å²) in [5.74, 6) is 0. The van der Waals surface area contributed by atoms with Crippen molar-refractivity contribution >= 4 is 30.7 Å². The third-order valence-corrected chi connectivity index (χ3v) is 5.26. The van der Waals surface area contributed by atoms with Crippen molar-refractivity contribution in [3.05, 3.63) is 64.7 Å². The Morgan fingerprint density at radius 1 is 1.35 bits per heavy atom. The Morgan fingerprint density at radius 3 is 2.26 bits per heavy atom. The summed E-state index contributed by atoms with van der Waals surface area (Å²) >= 11 is 6.09. The van der Waals surface area contributed by atoms with Gasteiger partial charge in [-0.1, -0.05) is 51.7 Å². The number of hydrogen-bond acceptors (Lipinski definition) is 2. The Labute approximate surface area is 143 Å². The van der Waals surface area contributed by atoms with E-state index in [1.54, 1.807) is 18.2 Å². The summed E-state index contributed by atoms with van der Waals surface area (Å²) in [5, 5.41) is -0.0305. The average Bonchev–Trinajstić information content (AvgIpc) is 2.44. The molecule has 7 heteroatoms. The number of allylic oxidation sites excluding steroid dienone is 5. The predicted octanol–water partition coefficient (Wildman–Crippen LogP) is 4.73. The first-order valence-corrected chi connectivity index (χ1v) is 9.46. The van der Waals surface area contributed by atoms with E-state index in [1.807, 2.05) is 0 Å². The SMILES string of the molecule is C=C/C=C(Cc1ccc(S(C)(=O)=O)cc1)\C(Cl)=C(/C)C(F)(F)P. The number of benzene rings is 1. The molecule has 0 aromatic heterocycles. The zero-order chi connectivity index (χ0) is 17.8. The molecule has 1 aromatic rings. The molecule has 0 N–H and O–H groups in total. The Balaban J connectivity index is 3.16. The topological polar surface area (TPSA) is 34.1 Å². The van der Waals surface area contributed by atoms with E-state index in [1.165, 1.54) is 34.4 Å². The molecule has 0 fully saturated rings. The van der Waals surface area contributed by atoms with E-state index in [0.717, 1.165) is 11.8 Å². The van der Waals surface area contributed by atoms with E-state index < -0.39 is 15.5 Å². The lowest BCUT2D eigenvalue weighted by Gasteiger charge is -2.15. The van der Waals surface area contributed by atoms with E-state index >= 15 is 0 Å². The molecule has 0 saturated heterocycles. The monoisotopic (exact) mass is 378 g/mol. The van der Waals surface area contributed by atoms with E-state index in [-0.39, 0.29) is 21.9 Å². The average molecular weight is 379 g/mol. The van der Waals surface area contributed by atoms with Crippen LogP contribution in [0.5, 0.6) is 0 Å². The van der Waals surface area contributed by atoms with E-state index in [4.69, 9.17) is 11.6 Å². The molecule has 126 valence electrons. The maximum absolute atomic E-state index is 13.4. The highest BCUT2D eigenvalue weighted by Gasteiger charge is 2.27. The van der Waals surface area contributed by atoms with Crippen LogP contribution in [0.15, 0.2) is 64.1 Å². The van der Waals surface area contributed by atoms with Crippen molar-refractivity contribution in [2.75, 3.05) is 6.26 Å². The van der Waals surface area contributed by atoms with Gasteiger partial charge in [-0.25, -0.2) is 8.42 Å². The maximum atomic E-state index is 13.4. The van der Waals surface area contributed by atoms with Crippen molar-refractivity contribution in [1.29, 1.82) is 0 Å². The van der Waals surface area contributed by atoms with Crippen LogP contribution >= 0.6 is 20.8 Å². The molecule has 1 aromatic carbocycles. The van der Waals surface area contributed by atoms with Gasteiger partial charge >= 0.3 is 0 Å². The Kier molecular flexibility index (Phi) is 6.70. The minimum atomic E-state index is -3.28. The Morgan fingerprint density at radius 2 is 1.87 bits per heavy atom. The lowest BCUT2D eigenvalue weighted by atomic mass is 10.0. The van der Waals surface area contributed by atoms with Crippen molar-refractivity contribution in [3.63, 3.8) is 0 Å². The highest BCUT2D eigenvalue weighted by Crippen LogP contribution is 2.37. The second-order valence-electron chi connectivity index (χ2n) is 5.08. The van der Waals surface area contributed by atoms with Crippen molar-refractivity contribution in [3.8, 4) is 0 Å². The first kappa shape index (κ1) is 20.0. The molecule has 23 heavy (non-hydrogen) atoms. The summed E-state index contributed by atoms with van der Waals surface area (Å²) < 4.78 is 49.7. The molecule has 0 bridgehead atoms. The van der Waals surface area contributed by atoms with Crippen molar-refractivity contribution in [2.45, 2.75) is 23.9 Å². The van der Waals surface area contributed by atoms with Crippen LogP contribution < -0.4 is 0 Å². The normalized spacial score (nSPS) is 14.4. The fourth-order valence-corrected chi connectivity index (χ4v) is 2.94. The molecule has 1 rings (SSSR count). The molecule has 0 heterocycles. The van der Waals surface area contributed by atoms with E-state index in [0.29, 0.717) is 5.57 Å². The molecule has 0 aliphatic carbocycles. The van der Waals surface area contributed by atoms with Crippen LogP contribution in [-0.2, 0) is 16.3 Å². The summed E-state index contributed by atoms with van der Waals surface area (Å²) in [5.41, 5.74) is -2.13. The van der Waals surface area contributed by atoms with Crippen molar-refractivity contribution in [1.82, 2.24) is 0 Å². The van der Waals surface area contributed by atoms with Crippen LogP contribution in [0, 0.1) is 0 Å². The lowest BCUT2D eigenvalue weighted by Crippen LogP contribution is -2.09. The smallest absolute Gasteiger partial charge is 0.224 e. The van der Waals surface area contributed by atoms with Gasteiger partial charge in [0.05, 0.1) is 4.90 Å². The molecule has 0 aliphatic heterocycles. The Hall–Kier alpha value is -1.03. The zero-order valence-corrected chi connectivity index (χ0v) is 15.5. The van der Waals surface area contributed by atoms with Crippen molar-refractivity contribution in [2.24, 2.45) is 0 Å². The van der Waals surface area contributed by atoms with Gasteiger partial charge in [-0.05, 0) is 36.6 Å². The van der Waals surface area contributed by atoms with Gasteiger partial charge in [-0.2, -0.15) is 8.78 Å². The first-order chi connectivity index (χ1) is 10.5. The molecule has 0 aliphatic rings. The van der Waals surface area contributed by atoms with Crippen molar-refractivity contribution < 1.29 is 17.2 Å². The van der Waals surface area contributed by atoms with Crippen LogP contribution in [0.3, 0.4) is 0 Å². The number of rotatable bonds is 6. The number of hydrogen-bond donors (Lipinski definition) is 0. The molecule has 0 spiro atoms. The first-order valence-electron chi connectivity index (χ1n) is 6.61. The number of alkyl halides is 2. The maximum Gasteiger partial charge on any atom is 0.281 e. The van der Waals surface area contributed by atoms with Crippen LogP contribution in [0.2, 0.25) is 0 Å². The molecule has 0 radical (unpaired) electrons. The van der Waals surface area contributed by atoms with E-state index in [2.05, 4.69) is 6.58 Å². The second-order valence-corrected chi connectivity index (χ2v) is 8.20. The van der Waals surface area contributed by atoms with Gasteiger partial charge in [-0.15, -0.1) is 0 Å². The van der Waals surface area contributed by atoms with Gasteiger partial charge in [-0.3, -0.25) is 0 Å². The van der Waals surface area contributed by atoms with Crippen LogP contribution in [0.4, 0.5) is 8.78 Å². The zero-order valence-electron chi connectivity index (χ0n) is 12.8. The van der Waals surface area contributed by atoms with Crippen LogP contribution in [-0.4, -0.2) is 20.3 Å². The van der Waals surface area contributed by atoms with Gasteiger partial charge in [0.2, 0.25) is 0 Å². The molecule has 0 amide bonds. The quantitative estimate of drug-likeness (QED) is 0.530. The summed E-state index contributed by atoms with van der Waals surface area (Å²) in [6.45, 7) is 4.83. The highest BCUT2D eigenvalue weighted by atomic mass is 35.5. The second kappa shape index (κ2) is 7.69. The standard InChI is InChI=1S/C16H18ClF2O2PS/c1-4-5-13(15(17)11(2)16(18,19)22)10-12-6-8-14(9-7-12)23(3,20)21/h4-9H,1,10,22H2,2-3H3/b13-5-,15-11-. The minimum absolute atomic E-state index is 0.0305. The summed E-state index contributed by atoms with van der Waals surface area (Å²) in [6, 6.07) is 6.22. The number of sulfone groups is 1. The molecular formula is C16H18ClF2O2PS. The van der Waals surface area contributed by atoms with Gasteiger partial charge in [0.1, 0.15) is 0 Å². The largest absolute Gasteiger partial charge is 0.281 e. The minimum Gasteiger partial charge on any atom is -0.224 e. The molecule has 1 unspecified atom stereocenters. The summed E-state index contributed by atoms with van der Waals surface area (Å²) in [4.78, 5) is 0.199. The van der Waals surface area contributed by atoms with Crippen LogP contribution in [0.1, 0.15) is 12.5 Å². The van der Waals surface area contributed by atoms with E-state index in [9.17, 15) is 17.2 Å².